The van der Waals surface area contributed by atoms with Crippen LogP contribution in [-0.4, -0.2) is 27.5 Å². The molecule has 0 aliphatic heterocycles. The number of nitrogens with zero attached hydrogens (tertiary/aromatic N) is 2. The van der Waals surface area contributed by atoms with Gasteiger partial charge in [0.1, 0.15) is 5.76 Å². The molecule has 2 aromatic rings. The summed E-state index contributed by atoms with van der Waals surface area (Å²) in [4.78, 5) is 0. The lowest BCUT2D eigenvalue weighted by Gasteiger charge is -2.11. The summed E-state index contributed by atoms with van der Waals surface area (Å²) in [5.74, 6) is 0.867. The second kappa shape index (κ2) is 5.48. The van der Waals surface area contributed by atoms with Crippen LogP contribution < -0.4 is 5.32 Å². The van der Waals surface area contributed by atoms with Crippen molar-refractivity contribution in [3.63, 3.8) is 0 Å². The zero-order chi connectivity index (χ0) is 11.2. The fourth-order valence-electron chi connectivity index (χ4n) is 1.46. The molecule has 0 spiro atoms. The molecule has 5 nitrogen and oxygen atoms in total. The molecular formula is C11H15N3O2. The van der Waals surface area contributed by atoms with Gasteiger partial charge in [0.25, 0.3) is 0 Å². The number of rotatable bonds is 6. The molecule has 0 bridgehead atoms. The lowest BCUT2D eigenvalue weighted by Crippen LogP contribution is -2.30. The summed E-state index contributed by atoms with van der Waals surface area (Å²) in [6.45, 7) is 1.64. The van der Waals surface area contributed by atoms with E-state index in [9.17, 15) is 5.11 Å². The minimum atomic E-state index is -0.449. The minimum Gasteiger partial charge on any atom is -0.468 e. The monoisotopic (exact) mass is 221 g/mol. The van der Waals surface area contributed by atoms with Crippen molar-refractivity contribution < 1.29 is 9.52 Å². The average molecular weight is 221 g/mol. The quantitative estimate of drug-likeness (QED) is 0.751. The van der Waals surface area contributed by atoms with Crippen molar-refractivity contribution in [2.45, 2.75) is 19.2 Å². The molecule has 2 N–H and O–H groups in total. The Morgan fingerprint density at radius 2 is 2.44 bits per heavy atom. The predicted molar refractivity (Wildman–Crippen MR) is 58.6 cm³/mol. The third-order valence-electron chi connectivity index (χ3n) is 2.22. The van der Waals surface area contributed by atoms with Crippen LogP contribution >= 0.6 is 0 Å². The summed E-state index contributed by atoms with van der Waals surface area (Å²) in [5, 5.41) is 16.8. The van der Waals surface area contributed by atoms with Crippen molar-refractivity contribution in [1.82, 2.24) is 15.1 Å². The lowest BCUT2D eigenvalue weighted by atomic mass is 10.3. The summed E-state index contributed by atoms with van der Waals surface area (Å²) in [5.41, 5.74) is 0. The van der Waals surface area contributed by atoms with E-state index in [-0.39, 0.29) is 0 Å². The van der Waals surface area contributed by atoms with Crippen molar-refractivity contribution in [2.75, 3.05) is 6.54 Å². The van der Waals surface area contributed by atoms with Crippen LogP contribution in [0.5, 0.6) is 0 Å². The van der Waals surface area contributed by atoms with Gasteiger partial charge >= 0.3 is 0 Å². The number of furan rings is 1. The Labute approximate surface area is 93.7 Å². The van der Waals surface area contributed by atoms with Gasteiger partial charge in [0.2, 0.25) is 0 Å². The van der Waals surface area contributed by atoms with Gasteiger partial charge in [-0.1, -0.05) is 0 Å². The van der Waals surface area contributed by atoms with Crippen LogP contribution in [0.1, 0.15) is 5.76 Å². The smallest absolute Gasteiger partial charge is 0.117 e. The number of nitrogens with one attached hydrogen (secondary N) is 1. The van der Waals surface area contributed by atoms with E-state index in [4.69, 9.17) is 4.42 Å². The molecule has 0 radical (unpaired) electrons. The normalized spacial score (nSPS) is 12.8. The highest BCUT2D eigenvalue weighted by Gasteiger charge is 2.05. The highest BCUT2D eigenvalue weighted by Crippen LogP contribution is 1.98. The van der Waals surface area contributed by atoms with Gasteiger partial charge in [0.05, 0.1) is 25.5 Å². The van der Waals surface area contributed by atoms with Crippen molar-refractivity contribution >= 4 is 0 Å². The SMILES string of the molecule is OC(CNCc1ccco1)Cn1cccn1. The average Bonchev–Trinajstić information content (AvgIpc) is 2.90. The van der Waals surface area contributed by atoms with E-state index in [2.05, 4.69) is 10.4 Å². The number of aliphatic hydroxyl groups excluding tert-OH is 1. The van der Waals surface area contributed by atoms with E-state index in [0.29, 0.717) is 19.6 Å². The Bertz CT molecular complexity index is 383. The van der Waals surface area contributed by atoms with E-state index < -0.39 is 6.10 Å². The Hall–Kier alpha value is -1.59. The minimum absolute atomic E-state index is 0.449. The molecule has 0 aliphatic carbocycles. The topological polar surface area (TPSA) is 63.2 Å². The summed E-state index contributed by atoms with van der Waals surface area (Å²) < 4.78 is 6.87. The Morgan fingerprint density at radius 3 is 3.12 bits per heavy atom. The second-order valence-corrected chi connectivity index (χ2v) is 3.59. The number of hydrogen-bond donors (Lipinski definition) is 2. The molecule has 16 heavy (non-hydrogen) atoms. The first-order chi connectivity index (χ1) is 7.84. The Kier molecular flexibility index (Phi) is 3.74. The maximum absolute atomic E-state index is 9.70. The third-order valence-corrected chi connectivity index (χ3v) is 2.22. The van der Waals surface area contributed by atoms with Crippen LogP contribution in [-0.2, 0) is 13.1 Å². The highest BCUT2D eigenvalue weighted by atomic mass is 16.3. The largest absolute Gasteiger partial charge is 0.468 e. The lowest BCUT2D eigenvalue weighted by molar-refractivity contribution is 0.146. The second-order valence-electron chi connectivity index (χ2n) is 3.59. The number of aromatic nitrogens is 2. The zero-order valence-electron chi connectivity index (χ0n) is 8.91. The molecule has 0 saturated heterocycles. The summed E-state index contributed by atoms with van der Waals surface area (Å²) in [7, 11) is 0. The highest BCUT2D eigenvalue weighted by molar-refractivity contribution is 4.97. The number of aliphatic hydroxyl groups is 1. The molecule has 0 amide bonds. The van der Waals surface area contributed by atoms with Gasteiger partial charge in [-0.15, -0.1) is 0 Å². The molecule has 0 saturated carbocycles. The molecule has 86 valence electrons. The molecule has 0 fully saturated rings. The summed E-state index contributed by atoms with van der Waals surface area (Å²) in [6.07, 6.45) is 4.71. The van der Waals surface area contributed by atoms with Gasteiger partial charge in [0.15, 0.2) is 0 Å². The van der Waals surface area contributed by atoms with Crippen molar-refractivity contribution in [3.05, 3.63) is 42.6 Å². The molecule has 5 heteroatoms. The molecule has 1 unspecified atom stereocenters. The molecule has 2 heterocycles. The van der Waals surface area contributed by atoms with Gasteiger partial charge < -0.3 is 14.8 Å². The predicted octanol–water partition coefficient (Wildman–Crippen LogP) is 0.627. The van der Waals surface area contributed by atoms with Crippen LogP contribution in [0.15, 0.2) is 41.3 Å². The summed E-state index contributed by atoms with van der Waals surface area (Å²) >= 11 is 0. The standard InChI is InChI=1S/C11H15N3O2/c15-10(9-14-5-2-4-13-14)7-12-8-11-3-1-6-16-11/h1-6,10,12,15H,7-9H2. The van der Waals surface area contributed by atoms with E-state index >= 15 is 0 Å². The molecule has 0 aromatic carbocycles. The van der Waals surface area contributed by atoms with Crippen LogP contribution in [0.2, 0.25) is 0 Å². The van der Waals surface area contributed by atoms with Crippen LogP contribution in [0.25, 0.3) is 0 Å². The Balaban J connectivity index is 1.66. The maximum atomic E-state index is 9.70. The fraction of sp³-hybridized carbons (Fsp3) is 0.364. The van der Waals surface area contributed by atoms with Gasteiger partial charge in [-0.3, -0.25) is 4.68 Å². The van der Waals surface area contributed by atoms with Crippen molar-refractivity contribution in [1.29, 1.82) is 0 Å². The summed E-state index contributed by atoms with van der Waals surface area (Å²) in [6, 6.07) is 5.58. The molecule has 1 atom stereocenters. The van der Waals surface area contributed by atoms with Crippen LogP contribution in [0.3, 0.4) is 0 Å². The van der Waals surface area contributed by atoms with Gasteiger partial charge in [-0.2, -0.15) is 5.10 Å². The first-order valence-corrected chi connectivity index (χ1v) is 5.23. The van der Waals surface area contributed by atoms with E-state index in [0.717, 1.165) is 5.76 Å². The van der Waals surface area contributed by atoms with E-state index in [1.807, 2.05) is 24.4 Å². The van der Waals surface area contributed by atoms with Crippen LogP contribution in [0.4, 0.5) is 0 Å². The fourth-order valence-corrected chi connectivity index (χ4v) is 1.46. The van der Waals surface area contributed by atoms with E-state index in [1.54, 1.807) is 17.1 Å². The third kappa shape index (κ3) is 3.22. The first-order valence-electron chi connectivity index (χ1n) is 5.23. The van der Waals surface area contributed by atoms with Crippen molar-refractivity contribution in [3.8, 4) is 0 Å². The van der Waals surface area contributed by atoms with Crippen molar-refractivity contribution in [2.24, 2.45) is 0 Å². The first kappa shape index (κ1) is 10.9. The van der Waals surface area contributed by atoms with Gasteiger partial charge in [0, 0.05) is 18.9 Å². The zero-order valence-corrected chi connectivity index (χ0v) is 8.91. The Morgan fingerprint density at radius 1 is 1.50 bits per heavy atom. The van der Waals surface area contributed by atoms with Gasteiger partial charge in [-0.05, 0) is 18.2 Å². The molecular weight excluding hydrogens is 206 g/mol. The molecule has 2 aromatic heterocycles. The maximum Gasteiger partial charge on any atom is 0.117 e. The van der Waals surface area contributed by atoms with E-state index in [1.165, 1.54) is 0 Å². The van der Waals surface area contributed by atoms with Gasteiger partial charge in [-0.25, -0.2) is 0 Å². The van der Waals surface area contributed by atoms with Crippen LogP contribution in [0, 0.1) is 0 Å². The number of hydrogen-bond acceptors (Lipinski definition) is 4. The molecule has 2 rings (SSSR count). The molecule has 0 aliphatic rings.